The molecule has 0 saturated heterocycles. The van der Waals surface area contributed by atoms with Gasteiger partial charge in [0, 0.05) is 14.1 Å². The first kappa shape index (κ1) is 7.28. The summed E-state index contributed by atoms with van der Waals surface area (Å²) in [6.07, 6.45) is 3.15. The van der Waals surface area contributed by atoms with Crippen LogP contribution < -0.4 is 4.90 Å². The Morgan fingerprint density at radius 3 is 2.30 bits per heavy atom. The fourth-order valence-electron chi connectivity index (χ4n) is 0.629. The number of hydrogen-bond donors (Lipinski definition) is 0. The van der Waals surface area contributed by atoms with E-state index in [1.165, 1.54) is 6.20 Å². The molecule has 1 aromatic rings. The van der Waals surface area contributed by atoms with Crippen molar-refractivity contribution in [3.8, 4) is 0 Å². The molecule has 0 amide bonds. The zero-order valence-corrected chi connectivity index (χ0v) is 6.63. The van der Waals surface area contributed by atoms with E-state index in [0.717, 1.165) is 5.69 Å². The number of halogens is 1. The summed E-state index contributed by atoms with van der Waals surface area (Å²) in [6, 6.07) is 0. The molecule has 4 heteroatoms. The Kier molecular flexibility index (Phi) is 2.06. The largest absolute Gasteiger partial charge is 0.375 e. The van der Waals surface area contributed by atoms with Crippen LogP contribution in [-0.4, -0.2) is 24.3 Å². The van der Waals surface area contributed by atoms with Gasteiger partial charge in [0.25, 0.3) is 0 Å². The van der Waals surface area contributed by atoms with E-state index in [1.807, 2.05) is 19.0 Å². The highest BCUT2D eigenvalue weighted by Crippen LogP contribution is 2.19. The molecule has 0 unspecified atom stereocenters. The molecule has 0 fully saturated rings. The molecule has 1 aromatic heterocycles. The summed E-state index contributed by atoms with van der Waals surface area (Å²) in [5.41, 5.74) is 0.886. The predicted molar refractivity (Wildman–Crippen MR) is 41.4 cm³/mol. The standard InChI is InChI=1S/C6H8ClN3/c1-10(2)6-4-9-8-3-5(6)7/h3-4H,1-2H3. The van der Waals surface area contributed by atoms with Gasteiger partial charge in [0.05, 0.1) is 23.1 Å². The molecule has 0 saturated carbocycles. The first-order valence-electron chi connectivity index (χ1n) is 2.85. The minimum Gasteiger partial charge on any atom is -0.375 e. The van der Waals surface area contributed by atoms with E-state index >= 15 is 0 Å². The van der Waals surface area contributed by atoms with Crippen LogP contribution in [0.4, 0.5) is 5.69 Å². The van der Waals surface area contributed by atoms with Gasteiger partial charge in [-0.15, -0.1) is 0 Å². The van der Waals surface area contributed by atoms with Crippen molar-refractivity contribution < 1.29 is 0 Å². The van der Waals surface area contributed by atoms with E-state index in [1.54, 1.807) is 6.20 Å². The molecular weight excluding hydrogens is 150 g/mol. The molecule has 0 aliphatic rings. The minimum absolute atomic E-state index is 0.625. The molecule has 0 atom stereocenters. The van der Waals surface area contributed by atoms with Crippen LogP contribution in [0, 0.1) is 0 Å². The van der Waals surface area contributed by atoms with Crippen molar-refractivity contribution in [2.45, 2.75) is 0 Å². The first-order valence-corrected chi connectivity index (χ1v) is 3.23. The van der Waals surface area contributed by atoms with Gasteiger partial charge >= 0.3 is 0 Å². The summed E-state index contributed by atoms with van der Waals surface area (Å²) in [5.74, 6) is 0. The van der Waals surface area contributed by atoms with Gasteiger partial charge in [-0.25, -0.2) is 0 Å². The maximum Gasteiger partial charge on any atom is 0.0857 e. The zero-order chi connectivity index (χ0) is 7.56. The lowest BCUT2D eigenvalue weighted by molar-refractivity contribution is 1.00. The summed E-state index contributed by atoms with van der Waals surface area (Å²) in [5, 5.41) is 7.93. The molecule has 0 aromatic carbocycles. The highest BCUT2D eigenvalue weighted by molar-refractivity contribution is 6.33. The molecule has 0 spiro atoms. The van der Waals surface area contributed by atoms with Crippen LogP contribution in [0.1, 0.15) is 0 Å². The molecule has 1 rings (SSSR count). The van der Waals surface area contributed by atoms with Gasteiger partial charge < -0.3 is 4.90 Å². The Morgan fingerprint density at radius 2 is 1.90 bits per heavy atom. The molecule has 10 heavy (non-hydrogen) atoms. The molecule has 0 radical (unpaired) electrons. The molecule has 0 bridgehead atoms. The van der Waals surface area contributed by atoms with E-state index in [9.17, 15) is 0 Å². The van der Waals surface area contributed by atoms with Gasteiger partial charge in [0.1, 0.15) is 0 Å². The monoisotopic (exact) mass is 157 g/mol. The third-order valence-corrected chi connectivity index (χ3v) is 1.44. The third-order valence-electron chi connectivity index (χ3n) is 1.14. The number of hydrogen-bond acceptors (Lipinski definition) is 3. The second-order valence-electron chi connectivity index (χ2n) is 2.12. The van der Waals surface area contributed by atoms with E-state index < -0.39 is 0 Å². The Hall–Kier alpha value is -0.830. The van der Waals surface area contributed by atoms with E-state index in [0.29, 0.717) is 5.02 Å². The molecule has 54 valence electrons. The second kappa shape index (κ2) is 2.84. The number of aromatic nitrogens is 2. The van der Waals surface area contributed by atoms with Crippen LogP contribution in [0.3, 0.4) is 0 Å². The topological polar surface area (TPSA) is 29.0 Å². The molecule has 0 aliphatic carbocycles. The van der Waals surface area contributed by atoms with Crippen molar-refractivity contribution in [3.05, 3.63) is 17.4 Å². The Bertz CT molecular complexity index is 224. The summed E-state index contributed by atoms with van der Waals surface area (Å²) in [6.45, 7) is 0. The normalized spacial score (nSPS) is 9.50. The lowest BCUT2D eigenvalue weighted by Gasteiger charge is -2.11. The zero-order valence-electron chi connectivity index (χ0n) is 5.87. The van der Waals surface area contributed by atoms with Crippen molar-refractivity contribution in [2.75, 3.05) is 19.0 Å². The van der Waals surface area contributed by atoms with E-state index in [2.05, 4.69) is 10.2 Å². The maximum absolute atomic E-state index is 5.78. The van der Waals surface area contributed by atoms with Crippen LogP contribution in [0.2, 0.25) is 5.02 Å². The van der Waals surface area contributed by atoms with Gasteiger partial charge in [-0.05, 0) is 0 Å². The average molecular weight is 158 g/mol. The molecule has 0 N–H and O–H groups in total. The number of nitrogens with zero attached hydrogens (tertiary/aromatic N) is 3. The van der Waals surface area contributed by atoms with Gasteiger partial charge in [0.15, 0.2) is 0 Å². The van der Waals surface area contributed by atoms with Crippen molar-refractivity contribution in [2.24, 2.45) is 0 Å². The lowest BCUT2D eigenvalue weighted by atomic mass is 10.4. The molecule has 3 nitrogen and oxygen atoms in total. The van der Waals surface area contributed by atoms with Crippen molar-refractivity contribution in [1.29, 1.82) is 0 Å². The van der Waals surface area contributed by atoms with E-state index in [4.69, 9.17) is 11.6 Å². The molecular formula is C6H8ClN3. The second-order valence-corrected chi connectivity index (χ2v) is 2.52. The third kappa shape index (κ3) is 1.36. The fraction of sp³-hybridized carbons (Fsp3) is 0.333. The highest BCUT2D eigenvalue weighted by Gasteiger charge is 1.99. The molecule has 1 heterocycles. The average Bonchev–Trinajstić information content (AvgIpc) is 1.88. The Morgan fingerprint density at radius 1 is 1.30 bits per heavy atom. The Balaban J connectivity index is 3.03. The van der Waals surface area contributed by atoms with Gasteiger partial charge in [-0.1, -0.05) is 11.6 Å². The van der Waals surface area contributed by atoms with Crippen LogP contribution in [0.25, 0.3) is 0 Å². The fourth-order valence-corrected chi connectivity index (χ4v) is 0.890. The van der Waals surface area contributed by atoms with Gasteiger partial charge in [-0.2, -0.15) is 10.2 Å². The summed E-state index contributed by atoms with van der Waals surface area (Å²) >= 11 is 5.78. The van der Waals surface area contributed by atoms with Crippen molar-refractivity contribution in [3.63, 3.8) is 0 Å². The number of rotatable bonds is 1. The maximum atomic E-state index is 5.78. The lowest BCUT2D eigenvalue weighted by Crippen LogP contribution is -2.09. The quantitative estimate of drug-likeness (QED) is 0.614. The van der Waals surface area contributed by atoms with E-state index in [-0.39, 0.29) is 0 Å². The van der Waals surface area contributed by atoms with Crippen LogP contribution in [0.5, 0.6) is 0 Å². The van der Waals surface area contributed by atoms with Crippen LogP contribution in [-0.2, 0) is 0 Å². The van der Waals surface area contributed by atoms with Gasteiger partial charge in [0.2, 0.25) is 0 Å². The summed E-state index contributed by atoms with van der Waals surface area (Å²) < 4.78 is 0. The molecule has 0 aliphatic heterocycles. The minimum atomic E-state index is 0.625. The van der Waals surface area contributed by atoms with Crippen molar-refractivity contribution >= 4 is 17.3 Å². The van der Waals surface area contributed by atoms with Crippen LogP contribution in [0.15, 0.2) is 12.4 Å². The predicted octanol–water partition coefficient (Wildman–Crippen LogP) is 1.20. The summed E-state index contributed by atoms with van der Waals surface area (Å²) in [4.78, 5) is 1.89. The Labute approximate surface area is 64.6 Å². The van der Waals surface area contributed by atoms with Gasteiger partial charge in [-0.3, -0.25) is 0 Å². The smallest absolute Gasteiger partial charge is 0.0857 e. The van der Waals surface area contributed by atoms with Crippen LogP contribution >= 0.6 is 11.6 Å². The SMILES string of the molecule is CN(C)c1cnncc1Cl. The highest BCUT2D eigenvalue weighted by atomic mass is 35.5. The van der Waals surface area contributed by atoms with Crippen molar-refractivity contribution in [1.82, 2.24) is 10.2 Å². The summed E-state index contributed by atoms with van der Waals surface area (Å²) in [7, 11) is 3.81. The first-order chi connectivity index (χ1) is 4.72. The number of anilines is 1.